The van der Waals surface area contributed by atoms with Crippen LogP contribution in [0.25, 0.3) is 11.5 Å². The van der Waals surface area contributed by atoms with Gasteiger partial charge in [0, 0.05) is 16.3 Å². The summed E-state index contributed by atoms with van der Waals surface area (Å²) in [5.74, 6) is 1.95. The Bertz CT molecular complexity index is 968. The number of hydrogen-bond donors (Lipinski definition) is 2. The summed E-state index contributed by atoms with van der Waals surface area (Å²) in [5, 5.41) is 6.14. The SMILES string of the molecule is CCOc1ccc(-c2nc(CNC(=O)Nc3cc(Cl)ccc3C)c(C)o2)cc1. The molecule has 0 spiro atoms. The molecule has 28 heavy (non-hydrogen) atoms. The summed E-state index contributed by atoms with van der Waals surface area (Å²) in [6, 6.07) is 12.5. The third-order valence-corrected chi connectivity index (χ3v) is 4.40. The number of ether oxygens (including phenoxy) is 1. The van der Waals surface area contributed by atoms with Gasteiger partial charge in [-0.2, -0.15) is 0 Å². The molecular weight excluding hydrogens is 378 g/mol. The first-order chi connectivity index (χ1) is 13.5. The van der Waals surface area contributed by atoms with Gasteiger partial charge in [0.05, 0.1) is 13.2 Å². The number of aryl methyl sites for hydroxylation is 2. The maximum absolute atomic E-state index is 12.2. The minimum atomic E-state index is -0.338. The molecule has 2 amide bonds. The second-order valence-electron chi connectivity index (χ2n) is 6.25. The summed E-state index contributed by atoms with van der Waals surface area (Å²) < 4.78 is 11.2. The van der Waals surface area contributed by atoms with E-state index < -0.39 is 0 Å². The number of hydrogen-bond acceptors (Lipinski definition) is 4. The van der Waals surface area contributed by atoms with E-state index in [4.69, 9.17) is 20.8 Å². The van der Waals surface area contributed by atoms with Gasteiger partial charge in [-0.15, -0.1) is 0 Å². The first kappa shape index (κ1) is 19.8. The van der Waals surface area contributed by atoms with Gasteiger partial charge in [0.2, 0.25) is 5.89 Å². The minimum Gasteiger partial charge on any atom is -0.494 e. The molecular formula is C21H22ClN3O3. The number of amides is 2. The van der Waals surface area contributed by atoms with Crippen molar-refractivity contribution in [1.29, 1.82) is 0 Å². The van der Waals surface area contributed by atoms with Crippen LogP contribution in [0, 0.1) is 13.8 Å². The number of rotatable bonds is 6. The van der Waals surface area contributed by atoms with Crippen LogP contribution in [0.2, 0.25) is 5.02 Å². The number of halogens is 1. The molecule has 0 fully saturated rings. The molecule has 0 atom stereocenters. The Morgan fingerprint density at radius 2 is 1.93 bits per heavy atom. The van der Waals surface area contributed by atoms with Crippen LogP contribution in [-0.2, 0) is 6.54 Å². The fourth-order valence-electron chi connectivity index (χ4n) is 2.64. The molecule has 3 aromatic rings. The third-order valence-electron chi connectivity index (χ3n) is 4.17. The third kappa shape index (κ3) is 4.84. The average molecular weight is 400 g/mol. The van der Waals surface area contributed by atoms with Gasteiger partial charge in [-0.3, -0.25) is 0 Å². The maximum atomic E-state index is 12.2. The van der Waals surface area contributed by atoms with Crippen LogP contribution in [-0.4, -0.2) is 17.6 Å². The summed E-state index contributed by atoms with van der Waals surface area (Å²) in [5.41, 5.74) is 3.10. The van der Waals surface area contributed by atoms with Crippen LogP contribution < -0.4 is 15.4 Å². The molecule has 0 aliphatic carbocycles. The van der Waals surface area contributed by atoms with Gasteiger partial charge in [-0.25, -0.2) is 9.78 Å². The standard InChI is InChI=1S/C21H22ClN3O3/c1-4-27-17-9-6-15(7-10-17)20-24-19(14(3)28-20)12-23-21(26)25-18-11-16(22)8-5-13(18)2/h5-11H,4,12H2,1-3H3,(H2,23,25,26). The summed E-state index contributed by atoms with van der Waals surface area (Å²) in [6.07, 6.45) is 0. The Labute approximate surface area is 168 Å². The molecule has 1 heterocycles. The van der Waals surface area contributed by atoms with Crippen LogP contribution in [0.5, 0.6) is 5.75 Å². The van der Waals surface area contributed by atoms with E-state index in [-0.39, 0.29) is 12.6 Å². The van der Waals surface area contributed by atoms with Crippen molar-refractivity contribution in [2.45, 2.75) is 27.3 Å². The van der Waals surface area contributed by atoms with Gasteiger partial charge in [-0.05, 0) is 62.7 Å². The Morgan fingerprint density at radius 1 is 1.18 bits per heavy atom. The highest BCUT2D eigenvalue weighted by Gasteiger charge is 2.13. The van der Waals surface area contributed by atoms with Gasteiger partial charge in [-0.1, -0.05) is 17.7 Å². The summed E-state index contributed by atoms with van der Waals surface area (Å²) in [4.78, 5) is 16.7. The van der Waals surface area contributed by atoms with Crippen LogP contribution >= 0.6 is 11.6 Å². The molecule has 0 saturated heterocycles. The lowest BCUT2D eigenvalue weighted by molar-refractivity contribution is 0.251. The molecule has 6 nitrogen and oxygen atoms in total. The van der Waals surface area contributed by atoms with Crippen molar-refractivity contribution in [1.82, 2.24) is 10.3 Å². The first-order valence-electron chi connectivity index (χ1n) is 8.96. The van der Waals surface area contributed by atoms with E-state index in [1.807, 2.05) is 51.1 Å². The monoisotopic (exact) mass is 399 g/mol. The lowest BCUT2D eigenvalue weighted by atomic mass is 10.2. The van der Waals surface area contributed by atoms with Gasteiger partial charge in [0.15, 0.2) is 0 Å². The number of nitrogens with one attached hydrogen (secondary N) is 2. The number of carbonyl (C=O) groups is 1. The maximum Gasteiger partial charge on any atom is 0.319 e. The molecule has 0 aliphatic heterocycles. The van der Waals surface area contributed by atoms with Gasteiger partial charge >= 0.3 is 6.03 Å². The first-order valence-corrected chi connectivity index (χ1v) is 9.34. The minimum absolute atomic E-state index is 0.248. The number of benzene rings is 2. The highest BCUT2D eigenvalue weighted by molar-refractivity contribution is 6.31. The van der Waals surface area contributed by atoms with E-state index in [9.17, 15) is 4.79 Å². The van der Waals surface area contributed by atoms with Crippen molar-refractivity contribution in [2.24, 2.45) is 0 Å². The molecule has 3 rings (SSSR count). The predicted molar refractivity (Wildman–Crippen MR) is 110 cm³/mol. The molecule has 0 unspecified atom stereocenters. The van der Waals surface area contributed by atoms with Gasteiger partial charge in [0.1, 0.15) is 17.2 Å². The predicted octanol–water partition coefficient (Wildman–Crippen LogP) is 5.33. The lowest BCUT2D eigenvalue weighted by Crippen LogP contribution is -2.28. The summed E-state index contributed by atoms with van der Waals surface area (Å²) in [7, 11) is 0. The highest BCUT2D eigenvalue weighted by atomic mass is 35.5. The van der Waals surface area contributed by atoms with Crippen LogP contribution in [0.4, 0.5) is 10.5 Å². The lowest BCUT2D eigenvalue weighted by Gasteiger charge is -2.09. The Kier molecular flexibility index (Phi) is 6.21. The molecule has 146 valence electrons. The van der Waals surface area contributed by atoms with Crippen LogP contribution in [0.1, 0.15) is 23.9 Å². The van der Waals surface area contributed by atoms with E-state index in [2.05, 4.69) is 15.6 Å². The zero-order chi connectivity index (χ0) is 20.1. The molecule has 0 aliphatic rings. The number of carbonyl (C=O) groups excluding carboxylic acids is 1. The number of nitrogens with zero attached hydrogens (tertiary/aromatic N) is 1. The number of anilines is 1. The zero-order valence-corrected chi connectivity index (χ0v) is 16.8. The van der Waals surface area contributed by atoms with E-state index in [0.717, 1.165) is 16.9 Å². The average Bonchev–Trinajstić information content (AvgIpc) is 3.05. The molecule has 1 aromatic heterocycles. The molecule has 2 N–H and O–H groups in total. The summed E-state index contributed by atoms with van der Waals surface area (Å²) in [6.45, 7) is 6.52. The number of aromatic nitrogens is 1. The van der Waals surface area contributed by atoms with Crippen molar-refractivity contribution in [3.8, 4) is 17.2 Å². The van der Waals surface area contributed by atoms with E-state index in [0.29, 0.717) is 34.7 Å². The largest absolute Gasteiger partial charge is 0.494 e. The van der Waals surface area contributed by atoms with E-state index in [1.165, 1.54) is 0 Å². The topological polar surface area (TPSA) is 76.4 Å². The molecule has 0 radical (unpaired) electrons. The fourth-order valence-corrected chi connectivity index (χ4v) is 2.81. The smallest absolute Gasteiger partial charge is 0.319 e. The molecule has 0 bridgehead atoms. The highest BCUT2D eigenvalue weighted by Crippen LogP contribution is 2.24. The summed E-state index contributed by atoms with van der Waals surface area (Å²) >= 11 is 5.98. The normalized spacial score (nSPS) is 10.6. The number of urea groups is 1. The second kappa shape index (κ2) is 8.80. The van der Waals surface area contributed by atoms with Gasteiger partial charge in [0.25, 0.3) is 0 Å². The van der Waals surface area contributed by atoms with E-state index >= 15 is 0 Å². The zero-order valence-electron chi connectivity index (χ0n) is 16.0. The van der Waals surface area contributed by atoms with Crippen LogP contribution in [0.3, 0.4) is 0 Å². The van der Waals surface area contributed by atoms with Crippen molar-refractivity contribution in [2.75, 3.05) is 11.9 Å². The number of oxazole rings is 1. The Balaban J connectivity index is 1.63. The van der Waals surface area contributed by atoms with Crippen molar-refractivity contribution < 1.29 is 13.9 Å². The van der Waals surface area contributed by atoms with Crippen molar-refractivity contribution in [3.05, 3.63) is 64.5 Å². The fraction of sp³-hybridized carbons (Fsp3) is 0.238. The van der Waals surface area contributed by atoms with Crippen molar-refractivity contribution in [3.63, 3.8) is 0 Å². The second-order valence-corrected chi connectivity index (χ2v) is 6.68. The van der Waals surface area contributed by atoms with Crippen molar-refractivity contribution >= 4 is 23.3 Å². The van der Waals surface area contributed by atoms with Gasteiger partial charge < -0.3 is 19.8 Å². The Morgan fingerprint density at radius 3 is 2.64 bits per heavy atom. The quantitative estimate of drug-likeness (QED) is 0.587. The Hall–Kier alpha value is -2.99. The van der Waals surface area contributed by atoms with Crippen LogP contribution in [0.15, 0.2) is 46.9 Å². The molecule has 0 saturated carbocycles. The molecule has 7 heteroatoms. The van der Waals surface area contributed by atoms with E-state index in [1.54, 1.807) is 12.1 Å². The molecule has 2 aromatic carbocycles.